The summed E-state index contributed by atoms with van der Waals surface area (Å²) in [6.45, 7) is 8.70. The second-order valence-electron chi connectivity index (χ2n) is 4.20. The van der Waals surface area contributed by atoms with Crippen molar-refractivity contribution in [2.45, 2.75) is 12.6 Å². The van der Waals surface area contributed by atoms with Gasteiger partial charge < -0.3 is 9.64 Å². The highest BCUT2D eigenvalue weighted by atomic mass is 16.5. The van der Waals surface area contributed by atoms with E-state index >= 15 is 0 Å². The van der Waals surface area contributed by atoms with Crippen LogP contribution in [0.5, 0.6) is 0 Å². The van der Waals surface area contributed by atoms with Crippen LogP contribution in [0.25, 0.3) is 0 Å². The van der Waals surface area contributed by atoms with Gasteiger partial charge in [-0.2, -0.15) is 0 Å². The summed E-state index contributed by atoms with van der Waals surface area (Å²) in [7, 11) is 0. The van der Waals surface area contributed by atoms with E-state index < -0.39 is 0 Å². The third kappa shape index (κ3) is 2.11. The molecule has 4 amide bonds. The maximum Gasteiger partial charge on any atom is 0.331 e. The van der Waals surface area contributed by atoms with E-state index in [0.29, 0.717) is 13.2 Å². The fourth-order valence-corrected chi connectivity index (χ4v) is 1.97. The van der Waals surface area contributed by atoms with Crippen molar-refractivity contribution in [1.82, 2.24) is 14.7 Å². The van der Waals surface area contributed by atoms with Crippen molar-refractivity contribution in [2.75, 3.05) is 26.4 Å². The molecule has 2 fully saturated rings. The lowest BCUT2D eigenvalue weighted by Crippen LogP contribution is -2.65. The van der Waals surface area contributed by atoms with E-state index in [-0.39, 0.29) is 31.5 Å². The Balaban J connectivity index is 2.16. The Bertz CT molecular complexity index is 379. The minimum absolute atomic E-state index is 0.203. The van der Waals surface area contributed by atoms with Crippen LogP contribution in [-0.2, 0) is 4.74 Å². The lowest BCUT2D eigenvalue weighted by molar-refractivity contribution is -0.141. The van der Waals surface area contributed by atoms with E-state index in [2.05, 4.69) is 13.2 Å². The van der Waals surface area contributed by atoms with Gasteiger partial charge in [-0.1, -0.05) is 12.2 Å². The molecule has 0 aromatic heterocycles. The Kier molecular flexibility index (Phi) is 3.66. The van der Waals surface area contributed by atoms with Gasteiger partial charge in [0, 0.05) is 13.0 Å². The van der Waals surface area contributed by atoms with Crippen LogP contribution < -0.4 is 0 Å². The number of rotatable bonds is 5. The molecule has 0 radical (unpaired) electrons. The van der Waals surface area contributed by atoms with Crippen LogP contribution in [0.1, 0.15) is 6.42 Å². The summed E-state index contributed by atoms with van der Waals surface area (Å²) in [6, 6.07) is -0.625. The molecule has 2 heterocycles. The minimum Gasteiger partial charge on any atom is -0.358 e. The summed E-state index contributed by atoms with van der Waals surface area (Å²) in [6.07, 6.45) is 3.77. The summed E-state index contributed by atoms with van der Waals surface area (Å²) in [5, 5.41) is 0. The lowest BCUT2D eigenvalue weighted by Gasteiger charge is -2.45. The van der Waals surface area contributed by atoms with E-state index in [1.54, 1.807) is 15.9 Å². The SMILES string of the molecule is C=CCN1CN(C2CCO2)C(=O)N(CC=C)C1=O. The van der Waals surface area contributed by atoms with Crippen LogP contribution in [0.15, 0.2) is 25.3 Å². The highest BCUT2D eigenvalue weighted by molar-refractivity contribution is 5.96. The standard InChI is InChI=1S/C12H17N3O3/c1-3-6-13-9-15(10-5-8-18-10)12(17)14(7-4-2)11(13)16/h3-4,10H,1-2,5-9H2. The molecule has 0 aromatic carbocycles. The normalized spacial score (nSPS) is 24.0. The fraction of sp³-hybridized carbons (Fsp3) is 0.500. The predicted octanol–water partition coefficient (Wildman–Crippen LogP) is 1.22. The number of hydrogen-bond acceptors (Lipinski definition) is 3. The average Bonchev–Trinajstić information content (AvgIpc) is 2.28. The van der Waals surface area contributed by atoms with Gasteiger partial charge in [0.15, 0.2) is 0 Å². The van der Waals surface area contributed by atoms with Crippen LogP contribution in [0.4, 0.5) is 9.59 Å². The number of hydrogen-bond donors (Lipinski definition) is 0. The summed E-state index contributed by atoms with van der Waals surface area (Å²) >= 11 is 0. The van der Waals surface area contributed by atoms with Crippen LogP contribution in [0.3, 0.4) is 0 Å². The quantitative estimate of drug-likeness (QED) is 0.690. The molecule has 0 aliphatic carbocycles. The molecule has 2 aliphatic heterocycles. The maximum atomic E-state index is 12.2. The maximum absolute atomic E-state index is 12.2. The number of nitrogens with zero attached hydrogens (tertiary/aromatic N) is 3. The molecule has 2 rings (SSSR count). The van der Waals surface area contributed by atoms with Crippen molar-refractivity contribution >= 4 is 12.1 Å². The largest absolute Gasteiger partial charge is 0.358 e. The van der Waals surface area contributed by atoms with E-state index in [0.717, 1.165) is 6.42 Å². The van der Waals surface area contributed by atoms with Gasteiger partial charge in [0.1, 0.15) is 12.9 Å². The van der Waals surface area contributed by atoms with E-state index in [4.69, 9.17) is 4.74 Å². The van der Waals surface area contributed by atoms with Crippen molar-refractivity contribution < 1.29 is 14.3 Å². The number of amides is 4. The smallest absolute Gasteiger partial charge is 0.331 e. The van der Waals surface area contributed by atoms with E-state index in [1.807, 2.05) is 0 Å². The second kappa shape index (κ2) is 5.22. The van der Waals surface area contributed by atoms with Crippen LogP contribution in [0, 0.1) is 0 Å². The van der Waals surface area contributed by atoms with E-state index in [9.17, 15) is 9.59 Å². The van der Waals surface area contributed by atoms with E-state index in [1.165, 1.54) is 11.0 Å². The zero-order valence-corrected chi connectivity index (χ0v) is 10.2. The van der Waals surface area contributed by atoms with Gasteiger partial charge in [-0.15, -0.1) is 13.2 Å². The van der Waals surface area contributed by atoms with Crippen molar-refractivity contribution in [1.29, 1.82) is 0 Å². The average molecular weight is 251 g/mol. The number of carbonyl (C=O) groups is 2. The Morgan fingerprint density at radius 2 is 1.89 bits per heavy atom. The lowest BCUT2D eigenvalue weighted by atomic mass is 10.2. The molecule has 1 unspecified atom stereocenters. The van der Waals surface area contributed by atoms with Crippen molar-refractivity contribution in [2.24, 2.45) is 0 Å². The second-order valence-corrected chi connectivity index (χ2v) is 4.20. The molecule has 0 spiro atoms. The summed E-state index contributed by atoms with van der Waals surface area (Å²) < 4.78 is 5.32. The zero-order chi connectivity index (χ0) is 13.1. The fourth-order valence-electron chi connectivity index (χ4n) is 1.97. The summed E-state index contributed by atoms with van der Waals surface area (Å²) in [5.41, 5.74) is 0. The van der Waals surface area contributed by atoms with Crippen molar-refractivity contribution in [3.8, 4) is 0 Å². The predicted molar refractivity (Wildman–Crippen MR) is 65.7 cm³/mol. The molecule has 98 valence electrons. The molecule has 0 aromatic rings. The van der Waals surface area contributed by atoms with Gasteiger partial charge >= 0.3 is 12.1 Å². The molecule has 18 heavy (non-hydrogen) atoms. The van der Waals surface area contributed by atoms with Gasteiger partial charge in [0.25, 0.3) is 0 Å². The van der Waals surface area contributed by atoms with Crippen molar-refractivity contribution in [3.63, 3.8) is 0 Å². The van der Waals surface area contributed by atoms with Gasteiger partial charge in [-0.25, -0.2) is 14.5 Å². The molecule has 2 saturated heterocycles. The molecule has 6 nitrogen and oxygen atoms in total. The monoisotopic (exact) mass is 251 g/mol. The summed E-state index contributed by atoms with van der Waals surface area (Å²) in [5.74, 6) is 0. The molecule has 1 atom stereocenters. The molecular formula is C12H17N3O3. The van der Waals surface area contributed by atoms with Gasteiger partial charge in [-0.3, -0.25) is 4.90 Å². The third-order valence-electron chi connectivity index (χ3n) is 2.98. The Morgan fingerprint density at radius 1 is 1.22 bits per heavy atom. The van der Waals surface area contributed by atoms with Crippen LogP contribution >= 0.6 is 0 Å². The van der Waals surface area contributed by atoms with Gasteiger partial charge in [-0.05, 0) is 0 Å². The number of urea groups is 2. The highest BCUT2D eigenvalue weighted by Crippen LogP contribution is 2.22. The van der Waals surface area contributed by atoms with Gasteiger partial charge in [0.05, 0.1) is 13.2 Å². The number of ether oxygens (including phenoxy) is 1. The van der Waals surface area contributed by atoms with Gasteiger partial charge in [0.2, 0.25) is 0 Å². The first-order valence-corrected chi connectivity index (χ1v) is 5.89. The molecular weight excluding hydrogens is 234 g/mol. The first-order chi connectivity index (χ1) is 8.69. The third-order valence-corrected chi connectivity index (χ3v) is 2.98. The summed E-state index contributed by atoms with van der Waals surface area (Å²) in [4.78, 5) is 28.5. The Hall–Kier alpha value is -1.82. The first kappa shape index (κ1) is 12.6. The van der Waals surface area contributed by atoms with Crippen LogP contribution in [-0.4, -0.2) is 59.4 Å². The minimum atomic E-state index is -0.315. The van der Waals surface area contributed by atoms with Crippen molar-refractivity contribution in [3.05, 3.63) is 25.3 Å². The molecule has 2 aliphatic rings. The topological polar surface area (TPSA) is 53.1 Å². The zero-order valence-electron chi connectivity index (χ0n) is 10.2. The van der Waals surface area contributed by atoms with Crippen LogP contribution in [0.2, 0.25) is 0 Å². The first-order valence-electron chi connectivity index (χ1n) is 5.89. The molecule has 0 saturated carbocycles. The number of carbonyl (C=O) groups excluding carboxylic acids is 2. The molecule has 0 bridgehead atoms. The number of imide groups is 1. The Morgan fingerprint density at radius 3 is 2.39 bits per heavy atom. The molecule has 0 N–H and O–H groups in total. The molecule has 6 heteroatoms. The highest BCUT2D eigenvalue weighted by Gasteiger charge is 2.41. The Labute approximate surface area is 106 Å².